The van der Waals surface area contributed by atoms with Crippen molar-refractivity contribution in [2.45, 2.75) is 0 Å². The average molecular weight is 387 g/mol. The number of hydrogen-bond donors (Lipinski definition) is 1. The molecule has 1 aromatic heterocycles. The van der Waals surface area contributed by atoms with E-state index >= 15 is 0 Å². The molecule has 3 rings (SSSR count). The number of oxazole rings is 1. The van der Waals surface area contributed by atoms with Crippen LogP contribution in [0.4, 0.5) is 5.69 Å². The molecule has 0 radical (unpaired) electrons. The van der Waals surface area contributed by atoms with E-state index in [2.05, 4.69) is 39.0 Å². The van der Waals surface area contributed by atoms with Crippen molar-refractivity contribution in [3.8, 4) is 6.07 Å². The summed E-state index contributed by atoms with van der Waals surface area (Å²) in [6.45, 7) is 0. The molecule has 2 aromatic carbocycles. The maximum Gasteiger partial charge on any atom is 0.239 e. The molecule has 0 atom stereocenters. The van der Waals surface area contributed by atoms with Crippen LogP contribution >= 0.6 is 22.6 Å². The molecule has 21 heavy (non-hydrogen) atoms. The maximum atomic E-state index is 9.27. The smallest absolute Gasteiger partial charge is 0.239 e. The number of allylic oxidation sites excluding steroid dienone is 1. The first kappa shape index (κ1) is 13.6. The topological polar surface area (TPSA) is 61.9 Å². The second kappa shape index (κ2) is 5.97. The minimum Gasteiger partial charge on any atom is -0.435 e. The Morgan fingerprint density at radius 2 is 1.95 bits per heavy atom. The molecule has 0 unspecified atom stereocenters. The van der Waals surface area contributed by atoms with E-state index in [9.17, 15) is 5.26 Å². The minimum absolute atomic E-state index is 0.316. The molecule has 0 saturated heterocycles. The lowest BCUT2D eigenvalue weighted by molar-refractivity contribution is 0.586. The van der Waals surface area contributed by atoms with Crippen molar-refractivity contribution >= 4 is 45.0 Å². The fourth-order valence-corrected chi connectivity index (χ4v) is 2.19. The van der Waals surface area contributed by atoms with Crippen LogP contribution in [0.25, 0.3) is 16.7 Å². The summed E-state index contributed by atoms with van der Waals surface area (Å²) in [6.07, 6.45) is 1.60. The predicted molar refractivity (Wildman–Crippen MR) is 90.4 cm³/mol. The first-order valence-electron chi connectivity index (χ1n) is 6.24. The molecule has 0 spiro atoms. The molecule has 0 aliphatic heterocycles. The lowest BCUT2D eigenvalue weighted by atomic mass is 10.3. The summed E-state index contributed by atoms with van der Waals surface area (Å²) >= 11 is 2.24. The Morgan fingerprint density at radius 1 is 1.19 bits per heavy atom. The number of nitrogens with one attached hydrogen (secondary N) is 1. The van der Waals surface area contributed by atoms with Gasteiger partial charge in [0.25, 0.3) is 0 Å². The van der Waals surface area contributed by atoms with E-state index in [4.69, 9.17) is 4.42 Å². The van der Waals surface area contributed by atoms with Gasteiger partial charge in [0, 0.05) is 15.5 Å². The van der Waals surface area contributed by atoms with Gasteiger partial charge in [0.15, 0.2) is 5.58 Å². The quantitative estimate of drug-likeness (QED) is 0.534. The summed E-state index contributed by atoms with van der Waals surface area (Å²) in [4.78, 5) is 4.31. The number of nitriles is 1. The largest absolute Gasteiger partial charge is 0.435 e. The van der Waals surface area contributed by atoms with Gasteiger partial charge >= 0.3 is 0 Å². The van der Waals surface area contributed by atoms with Gasteiger partial charge in [-0.1, -0.05) is 12.1 Å². The van der Waals surface area contributed by atoms with Crippen LogP contribution in [0.15, 0.2) is 59.1 Å². The van der Waals surface area contributed by atoms with E-state index in [1.165, 1.54) is 0 Å². The van der Waals surface area contributed by atoms with Crippen LogP contribution in [0.1, 0.15) is 5.89 Å². The van der Waals surface area contributed by atoms with Crippen LogP contribution in [0.5, 0.6) is 0 Å². The van der Waals surface area contributed by atoms with Gasteiger partial charge < -0.3 is 9.73 Å². The number of rotatable bonds is 3. The number of fused-ring (bicyclic) bond motifs is 1. The molecule has 102 valence electrons. The lowest BCUT2D eigenvalue weighted by Crippen LogP contribution is -1.91. The molecule has 0 aliphatic carbocycles. The first-order valence-corrected chi connectivity index (χ1v) is 7.32. The van der Waals surface area contributed by atoms with Gasteiger partial charge in [-0.25, -0.2) is 4.98 Å². The molecule has 0 amide bonds. The molecule has 4 nitrogen and oxygen atoms in total. The van der Waals surface area contributed by atoms with Crippen LogP contribution in [-0.4, -0.2) is 4.98 Å². The molecule has 0 aliphatic rings. The van der Waals surface area contributed by atoms with Gasteiger partial charge in [0.1, 0.15) is 17.2 Å². The highest BCUT2D eigenvalue weighted by molar-refractivity contribution is 14.1. The Labute approximate surface area is 135 Å². The van der Waals surface area contributed by atoms with Crippen LogP contribution in [0, 0.1) is 14.9 Å². The van der Waals surface area contributed by atoms with Crippen LogP contribution in [0.3, 0.4) is 0 Å². The van der Waals surface area contributed by atoms with Crippen molar-refractivity contribution in [3.05, 3.63) is 64.2 Å². The zero-order valence-electron chi connectivity index (χ0n) is 10.9. The summed E-state index contributed by atoms with van der Waals surface area (Å²) in [5.74, 6) is 0.316. The van der Waals surface area contributed by atoms with Crippen molar-refractivity contribution < 1.29 is 4.42 Å². The SMILES string of the molecule is N#C/C(=C/Nc1ccc(I)cc1)c1nc2ccccc2o1. The Bertz CT molecular complexity index is 811. The summed E-state index contributed by atoms with van der Waals surface area (Å²) in [7, 11) is 0. The zero-order chi connectivity index (χ0) is 14.7. The van der Waals surface area contributed by atoms with Gasteiger partial charge in [0.05, 0.1) is 0 Å². The van der Waals surface area contributed by atoms with Crippen LogP contribution in [0.2, 0.25) is 0 Å². The van der Waals surface area contributed by atoms with E-state index in [1.807, 2.05) is 48.5 Å². The van der Waals surface area contributed by atoms with Gasteiger partial charge in [0.2, 0.25) is 5.89 Å². The average Bonchev–Trinajstić information content (AvgIpc) is 2.93. The number of nitrogens with zero attached hydrogens (tertiary/aromatic N) is 2. The van der Waals surface area contributed by atoms with Gasteiger partial charge in [-0.05, 0) is 59.0 Å². The molecule has 1 heterocycles. The van der Waals surface area contributed by atoms with Crippen LogP contribution < -0.4 is 5.32 Å². The Balaban J connectivity index is 1.89. The summed E-state index contributed by atoms with van der Waals surface area (Å²) < 4.78 is 6.74. The normalized spacial score (nSPS) is 11.3. The molecule has 3 aromatic rings. The van der Waals surface area contributed by atoms with E-state index in [0.717, 1.165) is 14.8 Å². The number of para-hydroxylation sites is 2. The molecule has 5 heteroatoms. The van der Waals surface area contributed by atoms with E-state index in [1.54, 1.807) is 6.20 Å². The van der Waals surface area contributed by atoms with Crippen molar-refractivity contribution in [2.24, 2.45) is 0 Å². The van der Waals surface area contributed by atoms with Gasteiger partial charge in [-0.2, -0.15) is 5.26 Å². The number of halogens is 1. The predicted octanol–water partition coefficient (Wildman–Crippen LogP) is 4.41. The van der Waals surface area contributed by atoms with Crippen molar-refractivity contribution in [2.75, 3.05) is 5.32 Å². The molecular formula is C16H10IN3O. The fourth-order valence-electron chi connectivity index (χ4n) is 1.83. The van der Waals surface area contributed by atoms with E-state index < -0.39 is 0 Å². The summed E-state index contributed by atoms with van der Waals surface area (Å²) in [6, 6.07) is 17.4. The summed E-state index contributed by atoms with van der Waals surface area (Å²) in [5.41, 5.74) is 2.66. The summed E-state index contributed by atoms with van der Waals surface area (Å²) in [5, 5.41) is 12.3. The zero-order valence-corrected chi connectivity index (χ0v) is 13.0. The molecule has 1 N–H and O–H groups in total. The Hall–Kier alpha value is -2.33. The van der Waals surface area contributed by atoms with E-state index in [0.29, 0.717) is 17.0 Å². The minimum atomic E-state index is 0.316. The van der Waals surface area contributed by atoms with E-state index in [-0.39, 0.29) is 0 Å². The first-order chi connectivity index (χ1) is 10.3. The second-order valence-electron chi connectivity index (χ2n) is 4.31. The third-order valence-electron chi connectivity index (χ3n) is 2.87. The van der Waals surface area contributed by atoms with Gasteiger partial charge in [-0.3, -0.25) is 0 Å². The fraction of sp³-hybridized carbons (Fsp3) is 0. The molecule has 0 saturated carbocycles. The number of anilines is 1. The van der Waals surface area contributed by atoms with Gasteiger partial charge in [-0.15, -0.1) is 0 Å². The van der Waals surface area contributed by atoms with Crippen molar-refractivity contribution in [1.82, 2.24) is 4.98 Å². The second-order valence-corrected chi connectivity index (χ2v) is 5.55. The van der Waals surface area contributed by atoms with Crippen LogP contribution in [-0.2, 0) is 0 Å². The lowest BCUT2D eigenvalue weighted by Gasteiger charge is -2.00. The standard InChI is InChI=1S/C16H10IN3O/c17-12-5-7-13(8-6-12)19-10-11(9-18)16-20-14-3-1-2-4-15(14)21-16/h1-8,10,19H/b11-10-. The molecular weight excluding hydrogens is 377 g/mol. The highest BCUT2D eigenvalue weighted by atomic mass is 127. The number of hydrogen-bond acceptors (Lipinski definition) is 4. The number of aromatic nitrogens is 1. The third-order valence-corrected chi connectivity index (χ3v) is 3.59. The monoisotopic (exact) mass is 387 g/mol. The highest BCUT2D eigenvalue weighted by Gasteiger charge is 2.09. The van der Waals surface area contributed by atoms with Crippen molar-refractivity contribution in [3.63, 3.8) is 0 Å². The molecule has 0 bridgehead atoms. The number of benzene rings is 2. The molecule has 0 fully saturated rings. The third kappa shape index (κ3) is 3.06. The maximum absolute atomic E-state index is 9.27. The van der Waals surface area contributed by atoms with Crippen molar-refractivity contribution in [1.29, 1.82) is 5.26 Å². The Kier molecular flexibility index (Phi) is 3.88. The highest BCUT2D eigenvalue weighted by Crippen LogP contribution is 2.20. The Morgan fingerprint density at radius 3 is 2.67 bits per heavy atom.